The lowest BCUT2D eigenvalue weighted by Gasteiger charge is -2.35. The third-order valence-electron chi connectivity index (χ3n) is 3.68. The highest BCUT2D eigenvalue weighted by molar-refractivity contribution is 5.73. The van der Waals surface area contributed by atoms with Crippen LogP contribution >= 0.6 is 0 Å². The van der Waals surface area contributed by atoms with Gasteiger partial charge in [0.15, 0.2) is 0 Å². The molecule has 0 heterocycles. The maximum Gasteiger partial charge on any atom is 0.310 e. The number of carbonyl (C=O) groups excluding carboxylic acids is 1. The number of ether oxygens (including phenoxy) is 1. The van der Waals surface area contributed by atoms with Crippen LogP contribution in [0.1, 0.15) is 40.0 Å². The molecule has 0 aromatic rings. The second-order valence-corrected chi connectivity index (χ2v) is 5.39. The second-order valence-electron chi connectivity index (χ2n) is 5.39. The van der Waals surface area contributed by atoms with E-state index in [1.54, 1.807) is 7.05 Å². The predicted octanol–water partition coefficient (Wildman–Crippen LogP) is 2.41. The lowest BCUT2D eigenvalue weighted by atomic mass is 9.70. The minimum Gasteiger partial charge on any atom is -0.450 e. The largest absolute Gasteiger partial charge is 0.450 e. The SMILES string of the molecule is CNCOC(=O)[C@@H]1C[C@H](C)CC[C@H]1C(C)C. The van der Waals surface area contributed by atoms with Crippen LogP contribution in [0, 0.1) is 23.7 Å². The van der Waals surface area contributed by atoms with E-state index in [2.05, 4.69) is 26.1 Å². The van der Waals surface area contributed by atoms with Crippen LogP contribution in [0.4, 0.5) is 0 Å². The van der Waals surface area contributed by atoms with Gasteiger partial charge in [0.25, 0.3) is 0 Å². The smallest absolute Gasteiger partial charge is 0.310 e. The van der Waals surface area contributed by atoms with Crippen molar-refractivity contribution in [3.8, 4) is 0 Å². The van der Waals surface area contributed by atoms with Crippen molar-refractivity contribution >= 4 is 5.97 Å². The summed E-state index contributed by atoms with van der Waals surface area (Å²) in [7, 11) is 1.79. The van der Waals surface area contributed by atoms with Crippen molar-refractivity contribution in [1.82, 2.24) is 5.32 Å². The number of nitrogens with one attached hydrogen (secondary N) is 1. The number of rotatable bonds is 4. The zero-order chi connectivity index (χ0) is 12.1. The zero-order valence-corrected chi connectivity index (χ0v) is 11.0. The molecule has 0 saturated heterocycles. The van der Waals surface area contributed by atoms with Gasteiger partial charge in [-0.25, -0.2) is 0 Å². The third kappa shape index (κ3) is 3.48. The summed E-state index contributed by atoms with van der Waals surface area (Å²) in [5, 5.41) is 2.85. The van der Waals surface area contributed by atoms with Gasteiger partial charge in [0.2, 0.25) is 0 Å². The average Bonchev–Trinajstić information content (AvgIpc) is 2.25. The fourth-order valence-corrected chi connectivity index (χ4v) is 2.72. The van der Waals surface area contributed by atoms with E-state index in [1.165, 1.54) is 6.42 Å². The summed E-state index contributed by atoms with van der Waals surface area (Å²) in [6.45, 7) is 6.97. The van der Waals surface area contributed by atoms with Gasteiger partial charge in [-0.05, 0) is 37.6 Å². The van der Waals surface area contributed by atoms with Crippen LogP contribution in [-0.4, -0.2) is 19.7 Å². The molecule has 1 fully saturated rings. The second kappa shape index (κ2) is 6.24. The lowest BCUT2D eigenvalue weighted by molar-refractivity contribution is -0.154. The van der Waals surface area contributed by atoms with Crippen molar-refractivity contribution in [1.29, 1.82) is 0 Å². The van der Waals surface area contributed by atoms with E-state index < -0.39 is 0 Å². The summed E-state index contributed by atoms with van der Waals surface area (Å²) >= 11 is 0. The average molecular weight is 227 g/mol. The van der Waals surface area contributed by atoms with E-state index in [-0.39, 0.29) is 11.9 Å². The van der Waals surface area contributed by atoms with Crippen LogP contribution in [0.15, 0.2) is 0 Å². The quantitative estimate of drug-likeness (QED) is 0.592. The van der Waals surface area contributed by atoms with Crippen LogP contribution in [0.5, 0.6) is 0 Å². The Morgan fingerprint density at radius 3 is 2.69 bits per heavy atom. The van der Waals surface area contributed by atoms with Gasteiger partial charge in [0, 0.05) is 0 Å². The Morgan fingerprint density at radius 1 is 1.44 bits per heavy atom. The molecule has 0 radical (unpaired) electrons. The molecule has 3 nitrogen and oxygen atoms in total. The molecule has 1 N–H and O–H groups in total. The normalized spacial score (nSPS) is 30.4. The van der Waals surface area contributed by atoms with Crippen molar-refractivity contribution in [2.45, 2.75) is 40.0 Å². The van der Waals surface area contributed by atoms with Crippen molar-refractivity contribution in [3.05, 3.63) is 0 Å². The summed E-state index contributed by atoms with van der Waals surface area (Å²) < 4.78 is 5.21. The van der Waals surface area contributed by atoms with Crippen LogP contribution in [0.25, 0.3) is 0 Å². The number of carbonyl (C=O) groups is 1. The predicted molar refractivity (Wildman–Crippen MR) is 64.9 cm³/mol. The Labute approximate surface area is 98.9 Å². The van der Waals surface area contributed by atoms with Gasteiger partial charge in [-0.2, -0.15) is 0 Å². The van der Waals surface area contributed by atoms with E-state index >= 15 is 0 Å². The van der Waals surface area contributed by atoms with Crippen LogP contribution in [0.2, 0.25) is 0 Å². The molecule has 0 aromatic heterocycles. The number of hydrogen-bond acceptors (Lipinski definition) is 3. The van der Waals surface area contributed by atoms with E-state index in [0.717, 1.165) is 12.8 Å². The summed E-state index contributed by atoms with van der Waals surface area (Å²) in [4.78, 5) is 12.0. The van der Waals surface area contributed by atoms with E-state index in [1.807, 2.05) is 0 Å². The summed E-state index contributed by atoms with van der Waals surface area (Å²) in [6, 6.07) is 0. The topological polar surface area (TPSA) is 38.3 Å². The van der Waals surface area contributed by atoms with E-state index in [0.29, 0.717) is 24.5 Å². The molecule has 1 aliphatic rings. The van der Waals surface area contributed by atoms with Crippen LogP contribution in [-0.2, 0) is 9.53 Å². The molecule has 1 aliphatic carbocycles. The maximum absolute atomic E-state index is 12.0. The molecule has 94 valence electrons. The third-order valence-corrected chi connectivity index (χ3v) is 3.68. The molecule has 3 heteroatoms. The van der Waals surface area contributed by atoms with Crippen molar-refractivity contribution in [2.75, 3.05) is 13.8 Å². The molecule has 0 aromatic carbocycles. The summed E-state index contributed by atoms with van der Waals surface area (Å²) in [5.74, 6) is 1.82. The monoisotopic (exact) mass is 227 g/mol. The minimum atomic E-state index is -0.0143. The van der Waals surface area contributed by atoms with Crippen LogP contribution < -0.4 is 5.32 Å². The maximum atomic E-state index is 12.0. The minimum absolute atomic E-state index is 0.0143. The highest BCUT2D eigenvalue weighted by atomic mass is 16.5. The van der Waals surface area contributed by atoms with Crippen molar-refractivity contribution in [2.24, 2.45) is 23.7 Å². The van der Waals surface area contributed by atoms with Crippen molar-refractivity contribution < 1.29 is 9.53 Å². The Morgan fingerprint density at radius 2 is 2.12 bits per heavy atom. The fourth-order valence-electron chi connectivity index (χ4n) is 2.72. The molecule has 1 rings (SSSR count). The van der Waals surface area contributed by atoms with Gasteiger partial charge in [-0.3, -0.25) is 10.1 Å². The molecule has 3 atom stereocenters. The van der Waals surface area contributed by atoms with Gasteiger partial charge < -0.3 is 4.74 Å². The zero-order valence-electron chi connectivity index (χ0n) is 11.0. The molecule has 0 unspecified atom stereocenters. The van der Waals surface area contributed by atoms with E-state index in [9.17, 15) is 4.79 Å². The molecule has 0 bridgehead atoms. The highest BCUT2D eigenvalue weighted by Gasteiger charge is 2.36. The van der Waals surface area contributed by atoms with Gasteiger partial charge in [0.1, 0.15) is 6.73 Å². The summed E-state index contributed by atoms with van der Waals surface area (Å²) in [6.07, 6.45) is 3.40. The van der Waals surface area contributed by atoms with Gasteiger partial charge >= 0.3 is 5.97 Å². The molecule has 0 amide bonds. The lowest BCUT2D eigenvalue weighted by Crippen LogP contribution is -2.35. The first kappa shape index (κ1) is 13.5. The molecular formula is C13H25NO2. The molecule has 0 aliphatic heterocycles. The number of hydrogen-bond donors (Lipinski definition) is 1. The molecule has 0 spiro atoms. The first-order chi connectivity index (χ1) is 7.56. The van der Waals surface area contributed by atoms with Crippen molar-refractivity contribution in [3.63, 3.8) is 0 Å². The first-order valence-corrected chi connectivity index (χ1v) is 6.37. The summed E-state index contributed by atoms with van der Waals surface area (Å²) in [5.41, 5.74) is 0. The molecule has 1 saturated carbocycles. The standard InChI is InChI=1S/C13H25NO2/c1-9(2)11-6-5-10(3)7-12(11)13(15)16-8-14-4/h9-12,14H,5-8H2,1-4H3/t10-,11+,12-/m1/s1. The Kier molecular flexibility index (Phi) is 5.26. The Bertz CT molecular complexity index is 228. The highest BCUT2D eigenvalue weighted by Crippen LogP contribution is 2.38. The molecule has 16 heavy (non-hydrogen) atoms. The van der Waals surface area contributed by atoms with Gasteiger partial charge in [-0.1, -0.05) is 27.2 Å². The number of esters is 1. The van der Waals surface area contributed by atoms with E-state index in [4.69, 9.17) is 4.74 Å². The Hall–Kier alpha value is -0.570. The van der Waals surface area contributed by atoms with Crippen LogP contribution in [0.3, 0.4) is 0 Å². The molecular weight excluding hydrogens is 202 g/mol. The first-order valence-electron chi connectivity index (χ1n) is 6.37. The Balaban J connectivity index is 2.59. The fraction of sp³-hybridized carbons (Fsp3) is 0.923. The van der Waals surface area contributed by atoms with Gasteiger partial charge in [-0.15, -0.1) is 0 Å². The van der Waals surface area contributed by atoms with Gasteiger partial charge in [0.05, 0.1) is 5.92 Å².